The summed E-state index contributed by atoms with van der Waals surface area (Å²) >= 11 is 4.08. The Morgan fingerprint density at radius 1 is 0.429 bits per heavy atom. The number of hydrogen-bond acceptors (Lipinski definition) is 2. The van der Waals surface area contributed by atoms with Gasteiger partial charge in [-0.2, -0.15) is 0 Å². The minimum absolute atomic E-state index is 0.533. The van der Waals surface area contributed by atoms with Crippen molar-refractivity contribution >= 4 is 23.5 Å². The van der Waals surface area contributed by atoms with Gasteiger partial charge in [-0.1, -0.05) is 84.9 Å². The maximum Gasteiger partial charge on any atom is 0.0519 e. The Balaban J connectivity index is 1.34. The van der Waals surface area contributed by atoms with Crippen LogP contribution in [0.15, 0.2) is 107 Å². The van der Waals surface area contributed by atoms with Crippen LogP contribution in [0.25, 0.3) is 22.3 Å². The topological polar surface area (TPSA) is 0 Å². The van der Waals surface area contributed by atoms with Crippen LogP contribution in [0, 0.1) is 0 Å². The maximum absolute atomic E-state index is 2.38. The van der Waals surface area contributed by atoms with E-state index in [-0.39, 0.29) is 0 Å². The molecule has 0 aromatic heterocycles. The van der Waals surface area contributed by atoms with Gasteiger partial charge in [-0.3, -0.25) is 0 Å². The Hall–Kier alpha value is -2.42. The van der Waals surface area contributed by atoms with Crippen molar-refractivity contribution < 1.29 is 0 Å². The predicted octanol–water partition coefficient (Wildman–Crippen LogP) is 8.01. The van der Waals surface area contributed by atoms with Crippen LogP contribution in [0.2, 0.25) is 0 Å². The molecule has 0 fully saturated rings. The Morgan fingerprint density at radius 2 is 0.857 bits per heavy atom. The lowest BCUT2D eigenvalue weighted by atomic mass is 9.99. The van der Waals surface area contributed by atoms with Crippen molar-refractivity contribution in [3.8, 4) is 22.3 Å². The van der Waals surface area contributed by atoms with E-state index in [1.807, 2.05) is 23.5 Å². The fourth-order valence-corrected chi connectivity index (χ4v) is 7.50. The molecule has 0 spiro atoms. The first-order valence-corrected chi connectivity index (χ1v) is 11.3. The van der Waals surface area contributed by atoms with Gasteiger partial charge in [-0.25, -0.2) is 0 Å². The quantitative estimate of drug-likeness (QED) is 0.338. The molecule has 4 aromatic carbocycles. The zero-order valence-corrected chi connectivity index (χ0v) is 16.8. The smallest absolute Gasteiger partial charge is 0.0519 e. The normalized spacial score (nSPS) is 19.1. The highest BCUT2D eigenvalue weighted by molar-refractivity contribution is 8.05. The lowest BCUT2D eigenvalue weighted by Gasteiger charge is -2.09. The second-order valence-corrected chi connectivity index (χ2v) is 9.68. The van der Waals surface area contributed by atoms with Gasteiger partial charge < -0.3 is 0 Å². The molecule has 134 valence electrons. The molecule has 4 aromatic rings. The van der Waals surface area contributed by atoms with Gasteiger partial charge in [0.05, 0.1) is 10.5 Å². The summed E-state index contributed by atoms with van der Waals surface area (Å²) in [6.45, 7) is 0. The molecule has 0 amide bonds. The minimum Gasteiger partial charge on any atom is -0.116 e. The van der Waals surface area contributed by atoms with Gasteiger partial charge in [0, 0.05) is 9.79 Å². The average molecular weight is 395 g/mol. The Morgan fingerprint density at radius 3 is 1.29 bits per heavy atom. The van der Waals surface area contributed by atoms with Crippen molar-refractivity contribution in [3.63, 3.8) is 0 Å². The molecule has 0 saturated heterocycles. The Bertz CT molecular complexity index is 1070. The largest absolute Gasteiger partial charge is 0.116 e. The van der Waals surface area contributed by atoms with E-state index in [2.05, 4.69) is 97.1 Å². The van der Waals surface area contributed by atoms with E-state index in [0.717, 1.165) is 0 Å². The molecule has 2 heterocycles. The summed E-state index contributed by atoms with van der Waals surface area (Å²) in [7, 11) is 0. The molecule has 0 nitrogen and oxygen atoms in total. The van der Waals surface area contributed by atoms with Crippen LogP contribution in [-0.2, 0) is 0 Å². The molecular weight excluding hydrogens is 376 g/mol. The first-order chi connectivity index (χ1) is 13.9. The van der Waals surface area contributed by atoms with E-state index < -0.39 is 0 Å². The van der Waals surface area contributed by atoms with Gasteiger partial charge in [0.1, 0.15) is 0 Å². The van der Waals surface area contributed by atoms with Crippen molar-refractivity contribution in [2.24, 2.45) is 0 Å². The summed E-state index contributed by atoms with van der Waals surface area (Å²) in [5.41, 5.74) is 8.22. The summed E-state index contributed by atoms with van der Waals surface area (Å²) in [4.78, 5) is 2.89. The SMILES string of the molecule is c1ccc(-c2ccc3c(c2)SC2c4ccc(-c5ccccc5)cc4SC32)cc1. The molecule has 0 radical (unpaired) electrons. The molecule has 6 rings (SSSR count). The standard InChI is InChI=1S/C26H18S2/c1-3-7-17(8-4-1)19-11-13-21-23(15-19)27-26-22-14-12-20(16-24(22)28-25(21)26)18-9-5-2-6-10-18/h1-16,25-26H. The van der Waals surface area contributed by atoms with E-state index >= 15 is 0 Å². The number of rotatable bonds is 2. The zero-order chi connectivity index (χ0) is 18.5. The number of hydrogen-bond donors (Lipinski definition) is 0. The van der Waals surface area contributed by atoms with E-state index in [1.165, 1.54) is 43.2 Å². The van der Waals surface area contributed by atoms with Crippen molar-refractivity contribution in [1.82, 2.24) is 0 Å². The van der Waals surface area contributed by atoms with Crippen LogP contribution in [0.4, 0.5) is 0 Å². The third kappa shape index (κ3) is 2.63. The summed E-state index contributed by atoms with van der Waals surface area (Å²) in [6.07, 6.45) is 0. The van der Waals surface area contributed by atoms with Crippen LogP contribution >= 0.6 is 23.5 Å². The molecular formula is C26H18S2. The second kappa shape index (κ2) is 6.58. The van der Waals surface area contributed by atoms with E-state index in [0.29, 0.717) is 10.5 Å². The third-order valence-electron chi connectivity index (χ3n) is 5.64. The first-order valence-electron chi connectivity index (χ1n) is 9.59. The van der Waals surface area contributed by atoms with Gasteiger partial charge >= 0.3 is 0 Å². The lowest BCUT2D eigenvalue weighted by Crippen LogP contribution is -1.91. The Kier molecular flexibility index (Phi) is 3.88. The molecule has 0 bridgehead atoms. The highest BCUT2D eigenvalue weighted by Gasteiger charge is 2.41. The predicted molar refractivity (Wildman–Crippen MR) is 121 cm³/mol. The fourth-order valence-electron chi connectivity index (χ4n) is 4.21. The molecule has 2 aliphatic rings. The molecule has 2 atom stereocenters. The molecule has 0 N–H and O–H groups in total. The van der Waals surface area contributed by atoms with E-state index in [9.17, 15) is 0 Å². The van der Waals surface area contributed by atoms with Crippen LogP contribution in [-0.4, -0.2) is 0 Å². The summed E-state index contributed by atoms with van der Waals surface area (Å²) in [6, 6.07) is 35.4. The number of benzene rings is 4. The number of thioether (sulfide) groups is 2. The first kappa shape index (κ1) is 16.5. The highest BCUT2D eigenvalue weighted by Crippen LogP contribution is 2.66. The average Bonchev–Trinajstić information content (AvgIpc) is 3.30. The van der Waals surface area contributed by atoms with Crippen molar-refractivity contribution in [3.05, 3.63) is 108 Å². The van der Waals surface area contributed by atoms with Crippen molar-refractivity contribution in [1.29, 1.82) is 0 Å². The van der Waals surface area contributed by atoms with Crippen LogP contribution in [0.3, 0.4) is 0 Å². The Labute approximate surface area is 174 Å². The molecule has 0 saturated carbocycles. The lowest BCUT2D eigenvalue weighted by molar-refractivity contribution is 0.939. The molecule has 2 aliphatic heterocycles. The van der Waals surface area contributed by atoms with Crippen LogP contribution in [0.1, 0.15) is 21.6 Å². The summed E-state index contributed by atoms with van der Waals surface area (Å²) in [5, 5.41) is 1.07. The molecule has 2 unspecified atom stereocenters. The zero-order valence-electron chi connectivity index (χ0n) is 15.2. The van der Waals surface area contributed by atoms with E-state index in [4.69, 9.17) is 0 Å². The third-order valence-corrected chi connectivity index (χ3v) is 8.58. The van der Waals surface area contributed by atoms with E-state index in [1.54, 1.807) is 0 Å². The monoisotopic (exact) mass is 394 g/mol. The fraction of sp³-hybridized carbons (Fsp3) is 0.0769. The number of fused-ring (bicyclic) bond motifs is 5. The van der Waals surface area contributed by atoms with Gasteiger partial charge in [0.15, 0.2) is 0 Å². The van der Waals surface area contributed by atoms with Gasteiger partial charge in [-0.05, 0) is 45.5 Å². The minimum atomic E-state index is 0.533. The van der Waals surface area contributed by atoms with Crippen LogP contribution < -0.4 is 0 Å². The van der Waals surface area contributed by atoms with Crippen LogP contribution in [0.5, 0.6) is 0 Å². The highest BCUT2D eigenvalue weighted by atomic mass is 32.2. The maximum atomic E-state index is 2.38. The van der Waals surface area contributed by atoms with Gasteiger partial charge in [-0.15, -0.1) is 23.5 Å². The van der Waals surface area contributed by atoms with Crippen molar-refractivity contribution in [2.45, 2.75) is 20.3 Å². The molecule has 0 aliphatic carbocycles. The molecule has 28 heavy (non-hydrogen) atoms. The van der Waals surface area contributed by atoms with Gasteiger partial charge in [0.25, 0.3) is 0 Å². The molecule has 2 heteroatoms. The van der Waals surface area contributed by atoms with Crippen molar-refractivity contribution in [2.75, 3.05) is 0 Å². The van der Waals surface area contributed by atoms with Gasteiger partial charge in [0.2, 0.25) is 0 Å². The summed E-state index contributed by atoms with van der Waals surface area (Å²) < 4.78 is 0. The summed E-state index contributed by atoms with van der Waals surface area (Å²) in [5.74, 6) is 0. The second-order valence-electron chi connectivity index (χ2n) is 7.31.